The molecule has 3 fully saturated rings. The predicted octanol–water partition coefficient (Wildman–Crippen LogP) is 1.56. The van der Waals surface area contributed by atoms with E-state index in [0.29, 0.717) is 31.0 Å². The molecule has 1 aromatic carbocycles. The van der Waals surface area contributed by atoms with E-state index in [1.54, 1.807) is 24.3 Å². The van der Waals surface area contributed by atoms with E-state index < -0.39 is 15.6 Å². The number of hydrogen-bond acceptors (Lipinski definition) is 5. The Labute approximate surface area is 166 Å². The van der Waals surface area contributed by atoms with Crippen LogP contribution in [0.15, 0.2) is 29.2 Å². The Bertz CT molecular complexity index is 812. The highest BCUT2D eigenvalue weighted by molar-refractivity contribution is 7.89. The summed E-state index contributed by atoms with van der Waals surface area (Å²) in [4.78, 5) is 14.3. The number of ether oxygens (including phenoxy) is 2. The minimum Gasteiger partial charge on any atom is -0.372 e. The number of likely N-dealkylation sites (tertiary alicyclic amines) is 1. The molecule has 4 rings (SSSR count). The lowest BCUT2D eigenvalue weighted by Gasteiger charge is -2.52. The maximum Gasteiger partial charge on any atom is 0.248 e. The maximum absolute atomic E-state index is 12.8. The number of aryl methyl sites for hydroxylation is 1. The van der Waals surface area contributed by atoms with Crippen LogP contribution in [0, 0.1) is 6.92 Å². The maximum atomic E-state index is 12.8. The molecule has 8 heteroatoms. The molecule has 0 saturated carbocycles. The second-order valence-electron chi connectivity index (χ2n) is 8.13. The molecule has 0 bridgehead atoms. The van der Waals surface area contributed by atoms with Crippen LogP contribution in [0.2, 0.25) is 0 Å². The lowest BCUT2D eigenvalue weighted by molar-refractivity contribution is -0.181. The van der Waals surface area contributed by atoms with Crippen molar-refractivity contribution in [3.05, 3.63) is 29.8 Å². The molecule has 1 aromatic rings. The van der Waals surface area contributed by atoms with Gasteiger partial charge >= 0.3 is 0 Å². The molecule has 1 atom stereocenters. The van der Waals surface area contributed by atoms with Gasteiger partial charge in [0.1, 0.15) is 6.61 Å². The summed E-state index contributed by atoms with van der Waals surface area (Å²) in [6.07, 6.45) is 3.43. The van der Waals surface area contributed by atoms with Crippen molar-refractivity contribution in [2.24, 2.45) is 0 Å². The van der Waals surface area contributed by atoms with E-state index in [-0.39, 0.29) is 18.6 Å². The third-order valence-corrected chi connectivity index (χ3v) is 7.74. The van der Waals surface area contributed by atoms with Crippen molar-refractivity contribution in [3.63, 3.8) is 0 Å². The number of carbonyl (C=O) groups excluding carboxylic acids is 1. The first-order valence-corrected chi connectivity index (χ1v) is 11.4. The van der Waals surface area contributed by atoms with Gasteiger partial charge < -0.3 is 14.4 Å². The van der Waals surface area contributed by atoms with Gasteiger partial charge in [-0.25, -0.2) is 8.42 Å². The van der Waals surface area contributed by atoms with Crippen molar-refractivity contribution >= 4 is 15.9 Å². The van der Waals surface area contributed by atoms with Gasteiger partial charge in [0, 0.05) is 39.2 Å². The number of nitrogens with zero attached hydrogens (tertiary/aromatic N) is 2. The monoisotopic (exact) mass is 408 g/mol. The van der Waals surface area contributed by atoms with E-state index in [2.05, 4.69) is 0 Å². The van der Waals surface area contributed by atoms with Gasteiger partial charge in [-0.3, -0.25) is 4.79 Å². The molecule has 1 unspecified atom stereocenters. The zero-order chi connectivity index (χ0) is 19.8. The van der Waals surface area contributed by atoms with E-state index in [0.717, 1.165) is 37.9 Å². The number of sulfonamides is 1. The second-order valence-corrected chi connectivity index (χ2v) is 10.1. The van der Waals surface area contributed by atoms with Crippen LogP contribution in [-0.4, -0.2) is 74.6 Å². The first-order valence-electron chi connectivity index (χ1n) is 9.98. The van der Waals surface area contributed by atoms with E-state index in [4.69, 9.17) is 9.47 Å². The van der Waals surface area contributed by atoms with Gasteiger partial charge in [-0.15, -0.1) is 0 Å². The summed E-state index contributed by atoms with van der Waals surface area (Å²) >= 11 is 0. The van der Waals surface area contributed by atoms with Gasteiger partial charge in [0.25, 0.3) is 0 Å². The summed E-state index contributed by atoms with van der Waals surface area (Å²) in [5.74, 6) is 0.0511. The third-order valence-electron chi connectivity index (χ3n) is 5.94. The van der Waals surface area contributed by atoms with Gasteiger partial charge in [0.2, 0.25) is 15.9 Å². The average molecular weight is 409 g/mol. The van der Waals surface area contributed by atoms with E-state index in [1.807, 2.05) is 11.8 Å². The Balaban J connectivity index is 1.31. The molecule has 0 radical (unpaired) electrons. The number of benzene rings is 1. The molecule has 154 valence electrons. The molecule has 0 aliphatic carbocycles. The van der Waals surface area contributed by atoms with Crippen molar-refractivity contribution in [1.29, 1.82) is 0 Å². The smallest absolute Gasteiger partial charge is 0.248 e. The summed E-state index contributed by atoms with van der Waals surface area (Å²) in [5.41, 5.74) is 0.537. The fourth-order valence-electron chi connectivity index (χ4n) is 4.22. The van der Waals surface area contributed by atoms with E-state index >= 15 is 0 Å². The minimum absolute atomic E-state index is 0.0511. The van der Waals surface area contributed by atoms with Gasteiger partial charge in [-0.05, 0) is 38.3 Å². The van der Waals surface area contributed by atoms with Crippen LogP contribution < -0.4 is 0 Å². The Morgan fingerprint density at radius 2 is 1.89 bits per heavy atom. The quantitative estimate of drug-likeness (QED) is 0.739. The summed E-state index contributed by atoms with van der Waals surface area (Å²) in [6, 6.07) is 6.90. The van der Waals surface area contributed by atoms with E-state index in [9.17, 15) is 13.2 Å². The first kappa shape index (κ1) is 19.8. The largest absolute Gasteiger partial charge is 0.372 e. The van der Waals surface area contributed by atoms with E-state index in [1.165, 1.54) is 4.31 Å². The second kappa shape index (κ2) is 7.74. The Morgan fingerprint density at radius 3 is 2.57 bits per heavy atom. The van der Waals surface area contributed by atoms with Crippen LogP contribution in [0.25, 0.3) is 0 Å². The lowest BCUT2D eigenvalue weighted by Crippen LogP contribution is -2.67. The van der Waals surface area contributed by atoms with Crippen molar-refractivity contribution in [3.8, 4) is 0 Å². The molecule has 7 nitrogen and oxygen atoms in total. The van der Waals surface area contributed by atoms with Crippen molar-refractivity contribution in [1.82, 2.24) is 9.21 Å². The molecule has 0 aromatic heterocycles. The topological polar surface area (TPSA) is 76.2 Å². The molecule has 1 amide bonds. The van der Waals surface area contributed by atoms with Crippen LogP contribution >= 0.6 is 0 Å². The fourth-order valence-corrected chi connectivity index (χ4v) is 5.81. The van der Waals surface area contributed by atoms with Gasteiger partial charge in [0.15, 0.2) is 0 Å². The molecule has 1 spiro atoms. The normalized spacial score (nSPS) is 25.0. The first-order chi connectivity index (χ1) is 13.4. The van der Waals surface area contributed by atoms with Crippen LogP contribution in [0.4, 0.5) is 0 Å². The molecular weight excluding hydrogens is 380 g/mol. The summed E-state index contributed by atoms with van der Waals surface area (Å²) in [6.45, 7) is 4.89. The molecule has 3 aliphatic rings. The van der Waals surface area contributed by atoms with Crippen LogP contribution in [-0.2, 0) is 24.3 Å². The summed E-state index contributed by atoms with van der Waals surface area (Å²) in [5, 5.41) is 0. The highest BCUT2D eigenvalue weighted by atomic mass is 32.2. The molecule has 3 saturated heterocycles. The number of amides is 1. The Hall–Kier alpha value is -1.48. The summed E-state index contributed by atoms with van der Waals surface area (Å²) < 4.78 is 38.8. The molecule has 3 aliphatic heterocycles. The molecular formula is C20H28N2O5S. The average Bonchev–Trinajstić information content (AvgIpc) is 3.19. The third kappa shape index (κ3) is 3.96. The zero-order valence-electron chi connectivity index (χ0n) is 16.3. The fraction of sp³-hybridized carbons (Fsp3) is 0.650. The van der Waals surface area contributed by atoms with Gasteiger partial charge in [0.05, 0.1) is 16.6 Å². The molecule has 3 heterocycles. The molecule has 28 heavy (non-hydrogen) atoms. The van der Waals surface area contributed by atoms with Crippen LogP contribution in [0.1, 0.15) is 31.2 Å². The summed E-state index contributed by atoms with van der Waals surface area (Å²) in [7, 11) is -3.50. The van der Waals surface area contributed by atoms with Gasteiger partial charge in [-0.2, -0.15) is 4.31 Å². The van der Waals surface area contributed by atoms with Crippen molar-refractivity contribution < 1.29 is 22.7 Å². The number of hydrogen-bond donors (Lipinski definition) is 0. The Morgan fingerprint density at radius 1 is 1.21 bits per heavy atom. The van der Waals surface area contributed by atoms with Crippen molar-refractivity contribution in [2.45, 2.75) is 49.2 Å². The Kier molecular flexibility index (Phi) is 5.48. The standard InChI is InChI=1S/C20H28N2O5S/c1-16-4-6-18(7-5-16)28(24,25)22-14-20(15-22)12-17(8-11-27-20)26-13-19(23)21-9-2-3-10-21/h4-7,17H,2-3,8-15H2,1H3. The van der Waals surface area contributed by atoms with Crippen LogP contribution in [0.3, 0.4) is 0 Å². The predicted molar refractivity (Wildman–Crippen MR) is 103 cm³/mol. The minimum atomic E-state index is -3.50. The molecule has 0 N–H and O–H groups in total. The number of rotatable bonds is 5. The van der Waals surface area contributed by atoms with Gasteiger partial charge in [-0.1, -0.05) is 17.7 Å². The number of carbonyl (C=O) groups is 1. The highest BCUT2D eigenvalue weighted by Crippen LogP contribution is 2.38. The zero-order valence-corrected chi connectivity index (χ0v) is 17.1. The van der Waals surface area contributed by atoms with Crippen molar-refractivity contribution in [2.75, 3.05) is 39.4 Å². The van der Waals surface area contributed by atoms with Crippen LogP contribution in [0.5, 0.6) is 0 Å². The highest BCUT2D eigenvalue weighted by Gasteiger charge is 2.52. The lowest BCUT2D eigenvalue weighted by atomic mass is 9.86. The SMILES string of the molecule is Cc1ccc(S(=O)(=O)N2CC3(CC(OCC(=O)N4CCCC4)CCO3)C2)cc1.